The van der Waals surface area contributed by atoms with E-state index in [4.69, 9.17) is 4.18 Å². The first kappa shape index (κ1) is 20.4. The summed E-state index contributed by atoms with van der Waals surface area (Å²) in [6.07, 6.45) is -4.32. The van der Waals surface area contributed by atoms with Crippen LogP contribution in [0.2, 0.25) is 25.2 Å². The van der Waals surface area contributed by atoms with Crippen LogP contribution in [0.25, 0.3) is 0 Å². The molecule has 8 heteroatoms. The molecule has 0 unspecified atom stereocenters. The minimum atomic E-state index is -4.73. The third-order valence-electron chi connectivity index (χ3n) is 5.03. The van der Waals surface area contributed by atoms with Crippen LogP contribution in [-0.4, -0.2) is 28.3 Å². The van der Waals surface area contributed by atoms with Crippen LogP contribution < -0.4 is 0 Å². The van der Waals surface area contributed by atoms with E-state index < -0.39 is 30.0 Å². The maximum absolute atomic E-state index is 13.9. The van der Waals surface area contributed by atoms with Gasteiger partial charge in [0, 0.05) is 8.07 Å². The van der Waals surface area contributed by atoms with E-state index in [0.29, 0.717) is 12.8 Å². The zero-order valence-electron chi connectivity index (χ0n) is 15.0. The lowest BCUT2D eigenvalue weighted by molar-refractivity contribution is -0.257. The van der Waals surface area contributed by atoms with E-state index in [2.05, 4.69) is 0 Å². The third kappa shape index (κ3) is 4.46. The highest BCUT2D eigenvalue weighted by atomic mass is 32.2. The quantitative estimate of drug-likeness (QED) is 0.515. The Kier molecular flexibility index (Phi) is 5.48. The van der Waals surface area contributed by atoms with Crippen molar-refractivity contribution in [3.8, 4) is 0 Å². The summed E-state index contributed by atoms with van der Waals surface area (Å²) in [5, 5.41) is 0. The minimum Gasteiger partial charge on any atom is -0.250 e. The average molecular weight is 395 g/mol. The Bertz CT molecular complexity index is 708. The fraction of sp³-hybridized carbons (Fsp3) is 0.647. The third-order valence-corrected chi connectivity index (χ3v) is 9.36. The topological polar surface area (TPSA) is 43.4 Å². The Morgan fingerprint density at radius 2 is 1.72 bits per heavy atom. The first-order valence-electron chi connectivity index (χ1n) is 8.36. The second-order valence-corrected chi connectivity index (χ2v) is 15.1. The Morgan fingerprint density at radius 3 is 2.20 bits per heavy atom. The molecule has 0 N–H and O–H groups in total. The van der Waals surface area contributed by atoms with Crippen LogP contribution in [0.5, 0.6) is 0 Å². The van der Waals surface area contributed by atoms with Crippen molar-refractivity contribution in [3.05, 3.63) is 29.8 Å². The Morgan fingerprint density at radius 1 is 1.16 bits per heavy atom. The molecule has 0 saturated heterocycles. The van der Waals surface area contributed by atoms with Gasteiger partial charge in [0.2, 0.25) is 0 Å². The van der Waals surface area contributed by atoms with Gasteiger partial charge in [0.1, 0.15) is 0 Å². The molecule has 25 heavy (non-hydrogen) atoms. The Labute approximate surface area is 148 Å². The summed E-state index contributed by atoms with van der Waals surface area (Å²) in [4.78, 5) is -0.239. The van der Waals surface area contributed by atoms with Gasteiger partial charge in [-0.1, -0.05) is 50.2 Å². The van der Waals surface area contributed by atoms with E-state index in [1.54, 1.807) is 19.1 Å². The predicted octanol–water partition coefficient (Wildman–Crippen LogP) is 5.28. The van der Waals surface area contributed by atoms with E-state index in [-0.39, 0.29) is 23.3 Å². The summed E-state index contributed by atoms with van der Waals surface area (Å²) in [7, 11) is -6.35. The van der Waals surface area contributed by atoms with E-state index >= 15 is 0 Å². The number of hydrogen-bond acceptors (Lipinski definition) is 3. The smallest absolute Gasteiger partial charge is 0.250 e. The lowest BCUT2D eigenvalue weighted by Gasteiger charge is -2.44. The molecule has 0 aromatic heterocycles. The first-order valence-corrected chi connectivity index (χ1v) is 13.3. The summed E-state index contributed by atoms with van der Waals surface area (Å²) < 4.78 is 71.7. The SMILES string of the molecule is Cc1ccc(S(=O)(=O)O[C@]2(C(F)(F)F)CCC[C@H]([Si](C)(C)C)C2)cc1. The molecule has 1 saturated carbocycles. The van der Waals surface area contributed by atoms with Crippen molar-refractivity contribution in [2.75, 3.05) is 0 Å². The van der Waals surface area contributed by atoms with Crippen LogP contribution in [0.1, 0.15) is 31.2 Å². The zero-order valence-corrected chi connectivity index (χ0v) is 16.8. The summed E-state index contributed by atoms with van der Waals surface area (Å²) in [5.41, 5.74) is -1.93. The lowest BCUT2D eigenvalue weighted by atomic mass is 9.84. The second kappa shape index (κ2) is 6.70. The van der Waals surface area contributed by atoms with E-state index in [1.807, 2.05) is 19.6 Å². The molecule has 1 aromatic carbocycles. The fourth-order valence-electron chi connectivity index (χ4n) is 3.32. The minimum absolute atomic E-state index is 0.129. The standard InChI is InChI=1S/C17H25F3O3SSi/c1-13-7-9-14(10-8-13)24(21,22)23-16(17(18,19)20)11-5-6-15(12-16)25(2,3)4/h7-10,15H,5-6,11-12H2,1-4H3/t15-,16+/m0/s1. The molecular formula is C17H25F3O3SSi. The molecule has 0 amide bonds. The highest BCUT2D eigenvalue weighted by Crippen LogP contribution is 2.51. The van der Waals surface area contributed by atoms with Crippen molar-refractivity contribution in [2.45, 2.75) is 74.5 Å². The van der Waals surface area contributed by atoms with Gasteiger partial charge in [0.25, 0.3) is 10.1 Å². The van der Waals surface area contributed by atoms with Crippen LogP contribution in [0, 0.1) is 6.92 Å². The molecule has 0 aliphatic heterocycles. The van der Waals surface area contributed by atoms with Crippen LogP contribution >= 0.6 is 0 Å². The van der Waals surface area contributed by atoms with Crippen molar-refractivity contribution in [2.24, 2.45) is 0 Å². The van der Waals surface area contributed by atoms with Gasteiger partial charge in [0.05, 0.1) is 4.90 Å². The fourth-order valence-corrected chi connectivity index (χ4v) is 6.56. The van der Waals surface area contributed by atoms with Crippen LogP contribution in [0.15, 0.2) is 29.2 Å². The zero-order chi connectivity index (χ0) is 19.1. The number of hydrogen-bond donors (Lipinski definition) is 0. The molecule has 1 fully saturated rings. The van der Waals surface area contributed by atoms with Gasteiger partial charge in [-0.05, 0) is 37.4 Å². The molecule has 1 aromatic rings. The number of aryl methyl sites for hydroxylation is 1. The summed E-state index contributed by atoms with van der Waals surface area (Å²) >= 11 is 0. The largest absolute Gasteiger partial charge is 0.418 e. The highest BCUT2D eigenvalue weighted by Gasteiger charge is 2.61. The monoisotopic (exact) mass is 394 g/mol. The van der Waals surface area contributed by atoms with Crippen molar-refractivity contribution < 1.29 is 25.8 Å². The average Bonchev–Trinajstić information content (AvgIpc) is 2.45. The lowest BCUT2D eigenvalue weighted by Crippen LogP contribution is -2.53. The van der Waals surface area contributed by atoms with Crippen molar-refractivity contribution in [3.63, 3.8) is 0 Å². The van der Waals surface area contributed by atoms with Crippen molar-refractivity contribution in [1.29, 1.82) is 0 Å². The molecule has 0 radical (unpaired) electrons. The van der Waals surface area contributed by atoms with Gasteiger partial charge in [-0.15, -0.1) is 0 Å². The normalized spacial score (nSPS) is 25.8. The molecule has 0 spiro atoms. The van der Waals surface area contributed by atoms with Crippen molar-refractivity contribution >= 4 is 18.2 Å². The predicted molar refractivity (Wildman–Crippen MR) is 93.8 cm³/mol. The van der Waals surface area contributed by atoms with Crippen molar-refractivity contribution in [1.82, 2.24) is 0 Å². The molecular weight excluding hydrogens is 369 g/mol. The molecule has 2 atom stereocenters. The molecule has 1 aliphatic rings. The first-order chi connectivity index (χ1) is 11.3. The van der Waals surface area contributed by atoms with Crippen LogP contribution in [0.4, 0.5) is 13.2 Å². The number of halogens is 3. The maximum Gasteiger partial charge on any atom is 0.418 e. The summed E-state index contributed by atoms with van der Waals surface area (Å²) in [6, 6.07) is 5.66. The van der Waals surface area contributed by atoms with Gasteiger partial charge < -0.3 is 0 Å². The Hall–Kier alpha value is -0.863. The van der Waals surface area contributed by atoms with Gasteiger partial charge in [-0.2, -0.15) is 21.6 Å². The maximum atomic E-state index is 13.9. The molecule has 0 bridgehead atoms. The summed E-state index contributed by atoms with van der Waals surface area (Å²) in [5.74, 6) is 0. The highest BCUT2D eigenvalue weighted by molar-refractivity contribution is 7.86. The van der Waals surface area contributed by atoms with Gasteiger partial charge in [-0.25, -0.2) is 0 Å². The van der Waals surface area contributed by atoms with Gasteiger partial charge in [0.15, 0.2) is 5.60 Å². The molecule has 0 heterocycles. The molecule has 2 rings (SSSR count). The van der Waals surface area contributed by atoms with Gasteiger partial charge in [-0.3, -0.25) is 4.18 Å². The summed E-state index contributed by atoms with van der Waals surface area (Å²) in [6.45, 7) is 7.81. The van der Waals surface area contributed by atoms with Gasteiger partial charge >= 0.3 is 6.18 Å². The molecule has 142 valence electrons. The molecule has 1 aliphatic carbocycles. The van der Waals surface area contributed by atoms with Crippen LogP contribution in [-0.2, 0) is 14.3 Å². The number of benzene rings is 1. The second-order valence-electron chi connectivity index (χ2n) is 8.00. The van der Waals surface area contributed by atoms with E-state index in [1.165, 1.54) is 12.1 Å². The number of alkyl halides is 3. The van der Waals surface area contributed by atoms with Crippen LogP contribution in [0.3, 0.4) is 0 Å². The van der Waals surface area contributed by atoms with E-state index in [0.717, 1.165) is 5.56 Å². The molecule has 3 nitrogen and oxygen atoms in total. The number of rotatable bonds is 4. The van der Waals surface area contributed by atoms with E-state index in [9.17, 15) is 21.6 Å². The Balaban J connectivity index is 2.40.